The van der Waals surface area contributed by atoms with Gasteiger partial charge < -0.3 is 4.90 Å². The Hall–Kier alpha value is -3.84. The van der Waals surface area contributed by atoms with E-state index in [9.17, 15) is 0 Å². The molecule has 1 aliphatic rings. The molecule has 0 fully saturated rings. The van der Waals surface area contributed by atoms with E-state index in [0.29, 0.717) is 0 Å². The molecule has 154 valence electrons. The summed E-state index contributed by atoms with van der Waals surface area (Å²) in [4.78, 5) is 2.34. The highest BCUT2D eigenvalue weighted by Gasteiger charge is 2.36. The molecular weight excluding hydrogens is 386 g/mol. The Balaban J connectivity index is 1.58. The second-order valence-electron chi connectivity index (χ2n) is 9.07. The van der Waals surface area contributed by atoms with E-state index in [0.717, 1.165) is 11.4 Å². The average molecular weight is 412 g/mol. The zero-order valence-corrected chi connectivity index (χ0v) is 18.4. The van der Waals surface area contributed by atoms with Crippen molar-refractivity contribution in [2.24, 2.45) is 0 Å². The lowest BCUT2D eigenvalue weighted by Gasteiger charge is -2.28. The lowest BCUT2D eigenvalue weighted by atomic mass is 9.82. The molecule has 1 aliphatic carbocycles. The third kappa shape index (κ3) is 2.78. The molecule has 0 saturated carbocycles. The molecule has 32 heavy (non-hydrogen) atoms. The number of rotatable bonds is 3. The Kier molecular flexibility index (Phi) is 4.19. The molecule has 6 rings (SSSR count). The Labute approximate surface area is 189 Å². The summed E-state index contributed by atoms with van der Waals surface area (Å²) in [5.74, 6) is 0. The molecule has 5 aromatic carbocycles. The zero-order chi connectivity index (χ0) is 21.7. The highest BCUT2D eigenvalue weighted by Crippen LogP contribution is 2.52. The van der Waals surface area contributed by atoms with Crippen LogP contribution in [-0.2, 0) is 5.41 Å². The second-order valence-corrected chi connectivity index (χ2v) is 9.07. The van der Waals surface area contributed by atoms with Gasteiger partial charge in [-0.05, 0) is 69.4 Å². The molecular formula is C31H25N. The van der Waals surface area contributed by atoms with E-state index >= 15 is 0 Å². The molecule has 0 N–H and O–H groups in total. The van der Waals surface area contributed by atoms with E-state index in [1.165, 1.54) is 38.7 Å². The second kappa shape index (κ2) is 7.10. The summed E-state index contributed by atoms with van der Waals surface area (Å²) >= 11 is 0. The van der Waals surface area contributed by atoms with Crippen LogP contribution in [0.5, 0.6) is 0 Å². The van der Waals surface area contributed by atoms with Crippen LogP contribution in [0.4, 0.5) is 17.1 Å². The van der Waals surface area contributed by atoms with E-state index < -0.39 is 0 Å². The first-order valence-corrected chi connectivity index (χ1v) is 11.2. The van der Waals surface area contributed by atoms with E-state index in [1.54, 1.807) is 0 Å². The van der Waals surface area contributed by atoms with Gasteiger partial charge in [-0.25, -0.2) is 0 Å². The van der Waals surface area contributed by atoms with Crippen molar-refractivity contribution < 1.29 is 0 Å². The van der Waals surface area contributed by atoms with Crippen molar-refractivity contribution in [2.45, 2.75) is 19.3 Å². The van der Waals surface area contributed by atoms with Crippen molar-refractivity contribution in [2.75, 3.05) is 4.90 Å². The van der Waals surface area contributed by atoms with Crippen LogP contribution in [0.25, 0.3) is 21.9 Å². The number of fused-ring (bicyclic) bond motifs is 5. The van der Waals surface area contributed by atoms with Crippen molar-refractivity contribution in [3.8, 4) is 11.1 Å². The van der Waals surface area contributed by atoms with E-state index in [1.807, 2.05) is 0 Å². The third-order valence-electron chi connectivity index (χ3n) is 6.84. The first kappa shape index (κ1) is 18.9. The predicted molar refractivity (Wildman–Crippen MR) is 136 cm³/mol. The van der Waals surface area contributed by atoms with Crippen LogP contribution < -0.4 is 4.90 Å². The van der Waals surface area contributed by atoms with Crippen molar-refractivity contribution in [1.82, 2.24) is 0 Å². The summed E-state index contributed by atoms with van der Waals surface area (Å²) in [6.45, 7) is 4.71. The molecule has 0 atom stereocenters. The van der Waals surface area contributed by atoms with E-state index in [-0.39, 0.29) is 5.41 Å². The van der Waals surface area contributed by atoms with Gasteiger partial charge in [-0.2, -0.15) is 0 Å². The molecule has 1 nitrogen and oxygen atoms in total. The fraction of sp³-hybridized carbons (Fsp3) is 0.0968. The Bertz CT molecular complexity index is 1390. The predicted octanol–water partition coefficient (Wildman–Crippen LogP) is 8.62. The lowest BCUT2D eigenvalue weighted by molar-refractivity contribution is 0.661. The molecule has 0 bridgehead atoms. The van der Waals surface area contributed by atoms with Crippen LogP contribution in [0.2, 0.25) is 0 Å². The van der Waals surface area contributed by atoms with Crippen LogP contribution in [0.3, 0.4) is 0 Å². The number of hydrogen-bond donors (Lipinski definition) is 0. The standard InChI is InChI=1S/C31H25N/c1-31(2)28-20-17-22-11-9-10-16-26(22)30(28)27-19-18-25(21-29(27)31)32(23-12-5-3-6-13-23)24-14-7-4-8-15-24/h3-21H,1-2H3. The van der Waals surface area contributed by atoms with Gasteiger partial charge in [-0.1, -0.05) is 92.7 Å². The number of anilines is 3. The number of nitrogens with zero attached hydrogens (tertiary/aromatic N) is 1. The fourth-order valence-electron chi connectivity index (χ4n) is 5.24. The summed E-state index contributed by atoms with van der Waals surface area (Å²) in [6.07, 6.45) is 0. The lowest BCUT2D eigenvalue weighted by Crippen LogP contribution is -2.16. The molecule has 5 aromatic rings. The van der Waals surface area contributed by atoms with E-state index in [4.69, 9.17) is 0 Å². The maximum absolute atomic E-state index is 2.39. The molecule has 0 radical (unpaired) electrons. The molecule has 0 unspecified atom stereocenters. The topological polar surface area (TPSA) is 3.24 Å². The summed E-state index contributed by atoms with van der Waals surface area (Å²) in [5, 5.41) is 2.64. The Morgan fingerprint density at radius 3 is 1.84 bits per heavy atom. The number of hydrogen-bond acceptors (Lipinski definition) is 1. The molecule has 0 saturated heterocycles. The van der Waals surface area contributed by atoms with Crippen LogP contribution >= 0.6 is 0 Å². The van der Waals surface area contributed by atoms with Crippen LogP contribution in [0.15, 0.2) is 115 Å². The van der Waals surface area contributed by atoms with Gasteiger partial charge in [-0.15, -0.1) is 0 Å². The summed E-state index contributed by atoms with van der Waals surface area (Å²) in [7, 11) is 0. The molecule has 0 spiro atoms. The Morgan fingerprint density at radius 1 is 0.531 bits per heavy atom. The molecule has 0 aliphatic heterocycles. The normalized spacial score (nSPS) is 13.6. The minimum atomic E-state index is -0.0518. The van der Waals surface area contributed by atoms with Crippen molar-refractivity contribution in [3.05, 3.63) is 126 Å². The van der Waals surface area contributed by atoms with Gasteiger partial charge in [-0.3, -0.25) is 0 Å². The largest absolute Gasteiger partial charge is 0.310 e. The van der Waals surface area contributed by atoms with Gasteiger partial charge in [0.1, 0.15) is 0 Å². The minimum absolute atomic E-state index is 0.0518. The molecule has 0 amide bonds. The van der Waals surface area contributed by atoms with Crippen LogP contribution in [0.1, 0.15) is 25.0 Å². The summed E-state index contributed by atoms with van der Waals surface area (Å²) in [6, 6.07) is 41.6. The maximum atomic E-state index is 2.39. The number of benzene rings is 5. The highest BCUT2D eigenvalue weighted by molar-refractivity contribution is 6.02. The van der Waals surface area contributed by atoms with E-state index in [2.05, 4.69) is 134 Å². The third-order valence-corrected chi connectivity index (χ3v) is 6.84. The number of para-hydroxylation sites is 2. The quantitative estimate of drug-likeness (QED) is 0.287. The van der Waals surface area contributed by atoms with Gasteiger partial charge in [0.25, 0.3) is 0 Å². The first-order valence-electron chi connectivity index (χ1n) is 11.2. The SMILES string of the molecule is CC1(C)c2cc(N(c3ccccc3)c3ccccc3)ccc2-c2c1ccc1ccccc21. The Morgan fingerprint density at radius 2 is 1.16 bits per heavy atom. The first-order chi connectivity index (χ1) is 15.6. The van der Waals surface area contributed by atoms with Crippen molar-refractivity contribution in [1.29, 1.82) is 0 Å². The van der Waals surface area contributed by atoms with Gasteiger partial charge >= 0.3 is 0 Å². The summed E-state index contributed by atoms with van der Waals surface area (Å²) in [5.41, 5.74) is 9.00. The molecule has 1 heteroatoms. The highest BCUT2D eigenvalue weighted by atomic mass is 15.1. The van der Waals surface area contributed by atoms with Gasteiger partial charge in [0, 0.05) is 22.5 Å². The van der Waals surface area contributed by atoms with Crippen LogP contribution in [-0.4, -0.2) is 0 Å². The fourth-order valence-corrected chi connectivity index (χ4v) is 5.24. The van der Waals surface area contributed by atoms with Gasteiger partial charge in [0.2, 0.25) is 0 Å². The molecule has 0 aromatic heterocycles. The van der Waals surface area contributed by atoms with Crippen molar-refractivity contribution in [3.63, 3.8) is 0 Å². The monoisotopic (exact) mass is 411 g/mol. The smallest absolute Gasteiger partial charge is 0.0465 e. The maximum Gasteiger partial charge on any atom is 0.0465 e. The average Bonchev–Trinajstić information content (AvgIpc) is 3.07. The van der Waals surface area contributed by atoms with Gasteiger partial charge in [0.05, 0.1) is 0 Å². The molecule has 0 heterocycles. The minimum Gasteiger partial charge on any atom is -0.310 e. The zero-order valence-electron chi connectivity index (χ0n) is 18.4. The van der Waals surface area contributed by atoms with Crippen molar-refractivity contribution >= 4 is 27.8 Å². The summed E-state index contributed by atoms with van der Waals surface area (Å²) < 4.78 is 0. The van der Waals surface area contributed by atoms with Gasteiger partial charge in [0.15, 0.2) is 0 Å². The van der Waals surface area contributed by atoms with Crippen LogP contribution in [0, 0.1) is 0 Å².